The van der Waals surface area contributed by atoms with Crippen LogP contribution in [-0.4, -0.2) is 12.5 Å². The molecule has 0 saturated heterocycles. The summed E-state index contributed by atoms with van der Waals surface area (Å²) in [6.07, 6.45) is 3.64. The van der Waals surface area contributed by atoms with E-state index in [2.05, 4.69) is 19.1 Å². The van der Waals surface area contributed by atoms with E-state index >= 15 is 0 Å². The molecule has 2 unspecified atom stereocenters. The Morgan fingerprint density at radius 2 is 2.06 bits per heavy atom. The minimum Gasteiger partial charge on any atom is -0.377 e. The lowest BCUT2D eigenvalue weighted by molar-refractivity contribution is 0.113. The number of hydrogen-bond acceptors (Lipinski definition) is 1. The van der Waals surface area contributed by atoms with Gasteiger partial charge >= 0.3 is 0 Å². The van der Waals surface area contributed by atoms with E-state index in [1.165, 1.54) is 18.4 Å². The highest BCUT2D eigenvalue weighted by Gasteiger charge is 2.49. The molecule has 2 heteroatoms. The van der Waals surface area contributed by atoms with Crippen molar-refractivity contribution >= 4 is 11.6 Å². The van der Waals surface area contributed by atoms with Gasteiger partial charge in [0.15, 0.2) is 0 Å². The molecule has 1 aliphatic rings. The van der Waals surface area contributed by atoms with E-state index in [1.54, 1.807) is 0 Å². The molecule has 2 rings (SSSR count). The molecule has 94 valence electrons. The standard InChI is InChI=1S/C15H21ClO/c1-13-10-15(13,12-16)8-5-9-17-11-14-6-3-2-4-7-14/h2-4,6-7,13H,5,8-12H2,1H3. The van der Waals surface area contributed by atoms with E-state index in [4.69, 9.17) is 16.3 Å². The maximum absolute atomic E-state index is 6.02. The molecular weight excluding hydrogens is 232 g/mol. The quantitative estimate of drug-likeness (QED) is 0.521. The number of rotatable bonds is 7. The predicted molar refractivity (Wildman–Crippen MR) is 72.3 cm³/mol. The molecule has 0 heterocycles. The minimum absolute atomic E-state index is 0.442. The summed E-state index contributed by atoms with van der Waals surface area (Å²) in [4.78, 5) is 0. The smallest absolute Gasteiger partial charge is 0.0716 e. The molecule has 0 aromatic heterocycles. The second kappa shape index (κ2) is 5.88. The van der Waals surface area contributed by atoms with Gasteiger partial charge in [-0.3, -0.25) is 0 Å². The highest BCUT2D eigenvalue weighted by Crippen LogP contribution is 2.56. The van der Waals surface area contributed by atoms with Crippen LogP contribution in [-0.2, 0) is 11.3 Å². The van der Waals surface area contributed by atoms with E-state index in [1.807, 2.05) is 18.2 Å². The van der Waals surface area contributed by atoms with Crippen LogP contribution in [0, 0.1) is 11.3 Å². The summed E-state index contributed by atoms with van der Waals surface area (Å²) in [7, 11) is 0. The number of hydrogen-bond donors (Lipinski definition) is 0. The molecule has 0 amide bonds. The summed E-state index contributed by atoms with van der Waals surface area (Å²) in [6.45, 7) is 3.87. The maximum Gasteiger partial charge on any atom is 0.0716 e. The number of halogens is 1. The molecular formula is C15H21ClO. The van der Waals surface area contributed by atoms with Gasteiger partial charge in [-0.15, -0.1) is 11.6 Å². The monoisotopic (exact) mass is 252 g/mol. The number of alkyl halides is 1. The van der Waals surface area contributed by atoms with Gasteiger partial charge in [-0.25, -0.2) is 0 Å². The molecule has 0 N–H and O–H groups in total. The minimum atomic E-state index is 0.442. The molecule has 1 aromatic carbocycles. The van der Waals surface area contributed by atoms with Crippen molar-refractivity contribution in [2.75, 3.05) is 12.5 Å². The van der Waals surface area contributed by atoms with Crippen LogP contribution >= 0.6 is 11.6 Å². The van der Waals surface area contributed by atoms with Crippen molar-refractivity contribution in [3.8, 4) is 0 Å². The molecule has 1 nitrogen and oxygen atoms in total. The first-order valence-electron chi connectivity index (χ1n) is 6.44. The van der Waals surface area contributed by atoms with E-state index in [-0.39, 0.29) is 0 Å². The van der Waals surface area contributed by atoms with Crippen molar-refractivity contribution in [1.29, 1.82) is 0 Å². The van der Waals surface area contributed by atoms with Crippen LogP contribution in [0.3, 0.4) is 0 Å². The summed E-state index contributed by atoms with van der Waals surface area (Å²) >= 11 is 6.02. The summed E-state index contributed by atoms with van der Waals surface area (Å²) in [5, 5.41) is 0. The molecule has 1 aliphatic carbocycles. The molecule has 0 bridgehead atoms. The van der Waals surface area contributed by atoms with Crippen LogP contribution < -0.4 is 0 Å². The van der Waals surface area contributed by atoms with Crippen molar-refractivity contribution in [1.82, 2.24) is 0 Å². The molecule has 1 fully saturated rings. The second-order valence-electron chi connectivity index (χ2n) is 5.24. The zero-order valence-electron chi connectivity index (χ0n) is 10.5. The molecule has 0 spiro atoms. The summed E-state index contributed by atoms with van der Waals surface area (Å²) in [5.41, 5.74) is 1.69. The second-order valence-corrected chi connectivity index (χ2v) is 5.51. The van der Waals surface area contributed by atoms with E-state index in [0.29, 0.717) is 5.41 Å². The van der Waals surface area contributed by atoms with Gasteiger partial charge in [-0.05, 0) is 36.2 Å². The van der Waals surface area contributed by atoms with Crippen LogP contribution in [0.5, 0.6) is 0 Å². The summed E-state index contributed by atoms with van der Waals surface area (Å²) in [5.74, 6) is 1.63. The fourth-order valence-electron chi connectivity index (χ4n) is 2.44. The Hall–Kier alpha value is -0.530. The molecule has 1 saturated carbocycles. The zero-order chi connectivity index (χ0) is 12.1. The zero-order valence-corrected chi connectivity index (χ0v) is 11.2. The Kier molecular flexibility index (Phi) is 4.47. The van der Waals surface area contributed by atoms with Gasteiger partial charge in [-0.2, -0.15) is 0 Å². The van der Waals surface area contributed by atoms with E-state index in [9.17, 15) is 0 Å². The summed E-state index contributed by atoms with van der Waals surface area (Å²) < 4.78 is 5.68. The average Bonchev–Trinajstić information content (AvgIpc) is 3.01. The third-order valence-corrected chi connectivity index (χ3v) is 4.47. The normalized spacial score (nSPS) is 27.1. The molecule has 0 aliphatic heterocycles. The average molecular weight is 253 g/mol. The molecule has 2 atom stereocenters. The van der Waals surface area contributed by atoms with Gasteiger partial charge < -0.3 is 4.74 Å². The number of benzene rings is 1. The van der Waals surface area contributed by atoms with Crippen molar-refractivity contribution in [2.45, 2.75) is 32.8 Å². The van der Waals surface area contributed by atoms with Gasteiger partial charge in [0.1, 0.15) is 0 Å². The van der Waals surface area contributed by atoms with Crippen LogP contribution in [0.1, 0.15) is 31.7 Å². The summed E-state index contributed by atoms with van der Waals surface area (Å²) in [6, 6.07) is 10.3. The SMILES string of the molecule is CC1CC1(CCl)CCCOCc1ccccc1. The van der Waals surface area contributed by atoms with Crippen LogP contribution in [0.4, 0.5) is 0 Å². The third-order valence-electron chi connectivity index (χ3n) is 3.94. The lowest BCUT2D eigenvalue weighted by Gasteiger charge is -2.12. The highest BCUT2D eigenvalue weighted by atomic mass is 35.5. The molecule has 17 heavy (non-hydrogen) atoms. The van der Waals surface area contributed by atoms with E-state index in [0.717, 1.165) is 31.4 Å². The largest absolute Gasteiger partial charge is 0.377 e. The van der Waals surface area contributed by atoms with Crippen molar-refractivity contribution in [2.24, 2.45) is 11.3 Å². The number of ether oxygens (including phenoxy) is 1. The van der Waals surface area contributed by atoms with E-state index < -0.39 is 0 Å². The van der Waals surface area contributed by atoms with Gasteiger partial charge in [0.25, 0.3) is 0 Å². The Labute approximate surface area is 109 Å². The first kappa shape index (κ1) is 12.9. The van der Waals surface area contributed by atoms with Gasteiger partial charge in [0.2, 0.25) is 0 Å². The van der Waals surface area contributed by atoms with Gasteiger partial charge in [0, 0.05) is 12.5 Å². The van der Waals surface area contributed by atoms with Crippen LogP contribution in [0.15, 0.2) is 30.3 Å². The Morgan fingerprint density at radius 3 is 2.65 bits per heavy atom. The lowest BCUT2D eigenvalue weighted by Crippen LogP contribution is -2.07. The first-order chi connectivity index (χ1) is 8.27. The highest BCUT2D eigenvalue weighted by molar-refractivity contribution is 6.18. The fraction of sp³-hybridized carbons (Fsp3) is 0.600. The molecule has 1 aromatic rings. The Bertz CT molecular complexity index is 334. The Morgan fingerprint density at radius 1 is 1.35 bits per heavy atom. The molecule has 0 radical (unpaired) electrons. The van der Waals surface area contributed by atoms with Crippen LogP contribution in [0.2, 0.25) is 0 Å². The predicted octanol–water partition coefficient (Wildman–Crippen LogP) is 4.25. The van der Waals surface area contributed by atoms with Gasteiger partial charge in [-0.1, -0.05) is 37.3 Å². The lowest BCUT2D eigenvalue weighted by atomic mass is 10.0. The van der Waals surface area contributed by atoms with Gasteiger partial charge in [0.05, 0.1) is 6.61 Å². The topological polar surface area (TPSA) is 9.23 Å². The van der Waals surface area contributed by atoms with Crippen molar-refractivity contribution in [3.05, 3.63) is 35.9 Å². The first-order valence-corrected chi connectivity index (χ1v) is 6.98. The van der Waals surface area contributed by atoms with Crippen molar-refractivity contribution < 1.29 is 4.74 Å². The maximum atomic E-state index is 6.02. The Balaban J connectivity index is 1.58. The van der Waals surface area contributed by atoms with Crippen molar-refractivity contribution in [3.63, 3.8) is 0 Å². The fourth-order valence-corrected chi connectivity index (χ4v) is 2.95. The third kappa shape index (κ3) is 3.46. The van der Waals surface area contributed by atoms with Crippen LogP contribution in [0.25, 0.3) is 0 Å².